The number of methoxy groups -OCH3 is 2. The molecule has 2 aromatic rings. The second-order valence-electron chi connectivity index (χ2n) is 4.72. The van der Waals surface area contributed by atoms with E-state index in [1.54, 1.807) is 26.4 Å². The van der Waals surface area contributed by atoms with Gasteiger partial charge in [-0.05, 0) is 36.2 Å². The van der Waals surface area contributed by atoms with Crippen molar-refractivity contribution in [1.82, 2.24) is 0 Å². The molecule has 0 fully saturated rings. The molecule has 0 bridgehead atoms. The van der Waals surface area contributed by atoms with Gasteiger partial charge in [-0.3, -0.25) is 4.79 Å². The SMILES string of the molecule is COc1ccc(CCC(=O)Nc2ccccc2Cl)cc1OC. The molecule has 4 nitrogen and oxygen atoms in total. The third-order valence-corrected chi connectivity index (χ3v) is 3.57. The van der Waals surface area contributed by atoms with Crippen LogP contribution in [0, 0.1) is 0 Å². The molecule has 0 heterocycles. The van der Waals surface area contributed by atoms with Gasteiger partial charge in [0.15, 0.2) is 11.5 Å². The molecule has 2 aromatic carbocycles. The lowest BCUT2D eigenvalue weighted by atomic mass is 10.1. The summed E-state index contributed by atoms with van der Waals surface area (Å²) in [5.74, 6) is 1.25. The summed E-state index contributed by atoms with van der Waals surface area (Å²) in [7, 11) is 3.18. The summed E-state index contributed by atoms with van der Waals surface area (Å²) >= 11 is 6.01. The van der Waals surface area contributed by atoms with E-state index in [1.165, 1.54) is 0 Å². The Morgan fingerprint density at radius 3 is 2.50 bits per heavy atom. The fraction of sp³-hybridized carbons (Fsp3) is 0.235. The number of hydrogen-bond acceptors (Lipinski definition) is 3. The normalized spacial score (nSPS) is 10.1. The van der Waals surface area contributed by atoms with Crippen LogP contribution in [0.1, 0.15) is 12.0 Å². The van der Waals surface area contributed by atoms with Crippen molar-refractivity contribution in [2.75, 3.05) is 19.5 Å². The van der Waals surface area contributed by atoms with E-state index in [0.29, 0.717) is 35.1 Å². The van der Waals surface area contributed by atoms with Gasteiger partial charge >= 0.3 is 0 Å². The van der Waals surface area contributed by atoms with Crippen LogP contribution in [0.25, 0.3) is 0 Å². The molecule has 0 atom stereocenters. The van der Waals surface area contributed by atoms with Crippen molar-refractivity contribution in [3.63, 3.8) is 0 Å². The quantitative estimate of drug-likeness (QED) is 0.877. The molecule has 0 aliphatic rings. The van der Waals surface area contributed by atoms with Crippen LogP contribution in [0.15, 0.2) is 42.5 Å². The molecule has 0 saturated heterocycles. The first-order valence-corrected chi connectivity index (χ1v) is 7.27. The second kappa shape index (κ2) is 7.71. The average Bonchev–Trinajstić information content (AvgIpc) is 2.54. The van der Waals surface area contributed by atoms with Crippen LogP contribution in [-0.2, 0) is 11.2 Å². The van der Waals surface area contributed by atoms with Gasteiger partial charge in [-0.2, -0.15) is 0 Å². The van der Waals surface area contributed by atoms with E-state index in [2.05, 4.69) is 5.32 Å². The molecule has 1 N–H and O–H groups in total. The van der Waals surface area contributed by atoms with Gasteiger partial charge in [-0.15, -0.1) is 0 Å². The fourth-order valence-corrected chi connectivity index (χ4v) is 2.25. The number of amides is 1. The van der Waals surface area contributed by atoms with Gasteiger partial charge in [0.25, 0.3) is 0 Å². The van der Waals surface area contributed by atoms with Crippen molar-refractivity contribution in [2.45, 2.75) is 12.8 Å². The number of carbonyl (C=O) groups is 1. The number of ether oxygens (including phenoxy) is 2. The Kier molecular flexibility index (Phi) is 5.67. The Labute approximate surface area is 135 Å². The number of benzene rings is 2. The number of anilines is 1. The van der Waals surface area contributed by atoms with Crippen LogP contribution in [0.5, 0.6) is 11.5 Å². The third kappa shape index (κ3) is 4.15. The van der Waals surface area contributed by atoms with Crippen molar-refractivity contribution < 1.29 is 14.3 Å². The Balaban J connectivity index is 1.95. The highest BCUT2D eigenvalue weighted by atomic mass is 35.5. The Morgan fingerprint density at radius 1 is 1.09 bits per heavy atom. The van der Waals surface area contributed by atoms with Crippen LogP contribution < -0.4 is 14.8 Å². The summed E-state index contributed by atoms with van der Waals surface area (Å²) in [4.78, 5) is 12.0. The van der Waals surface area contributed by atoms with E-state index >= 15 is 0 Å². The maximum Gasteiger partial charge on any atom is 0.224 e. The maximum atomic E-state index is 12.0. The highest BCUT2D eigenvalue weighted by molar-refractivity contribution is 6.33. The molecule has 116 valence electrons. The first-order valence-electron chi connectivity index (χ1n) is 6.89. The Morgan fingerprint density at radius 2 is 1.82 bits per heavy atom. The van der Waals surface area contributed by atoms with Crippen molar-refractivity contribution in [3.8, 4) is 11.5 Å². The highest BCUT2D eigenvalue weighted by Crippen LogP contribution is 2.28. The minimum Gasteiger partial charge on any atom is -0.493 e. The summed E-state index contributed by atoms with van der Waals surface area (Å²) in [6, 6.07) is 12.8. The van der Waals surface area contributed by atoms with Gasteiger partial charge in [0, 0.05) is 6.42 Å². The minimum atomic E-state index is -0.0807. The van der Waals surface area contributed by atoms with E-state index in [-0.39, 0.29) is 5.91 Å². The molecule has 1 amide bonds. The topological polar surface area (TPSA) is 47.6 Å². The zero-order valence-corrected chi connectivity index (χ0v) is 13.3. The van der Waals surface area contributed by atoms with Crippen molar-refractivity contribution >= 4 is 23.2 Å². The maximum absolute atomic E-state index is 12.0. The van der Waals surface area contributed by atoms with Gasteiger partial charge in [-0.1, -0.05) is 29.8 Å². The number of aryl methyl sites for hydroxylation is 1. The van der Waals surface area contributed by atoms with Gasteiger partial charge in [0.1, 0.15) is 0 Å². The number of rotatable bonds is 6. The third-order valence-electron chi connectivity index (χ3n) is 3.24. The number of halogens is 1. The molecule has 22 heavy (non-hydrogen) atoms. The first-order chi connectivity index (χ1) is 10.6. The summed E-state index contributed by atoms with van der Waals surface area (Å²) < 4.78 is 10.4. The van der Waals surface area contributed by atoms with E-state index < -0.39 is 0 Å². The summed E-state index contributed by atoms with van der Waals surface area (Å²) in [5, 5.41) is 3.33. The second-order valence-corrected chi connectivity index (χ2v) is 5.12. The molecular formula is C17H18ClNO3. The number of nitrogens with one attached hydrogen (secondary N) is 1. The average molecular weight is 320 g/mol. The predicted octanol–water partition coefficient (Wildman–Crippen LogP) is 3.93. The van der Waals surface area contributed by atoms with Crippen molar-refractivity contribution in [3.05, 3.63) is 53.1 Å². The lowest BCUT2D eigenvalue weighted by Gasteiger charge is -2.10. The van der Waals surface area contributed by atoms with Crippen molar-refractivity contribution in [2.24, 2.45) is 0 Å². The molecule has 0 unspecified atom stereocenters. The lowest BCUT2D eigenvalue weighted by molar-refractivity contribution is -0.116. The van der Waals surface area contributed by atoms with Gasteiger partial charge in [-0.25, -0.2) is 0 Å². The summed E-state index contributed by atoms with van der Waals surface area (Å²) in [5.41, 5.74) is 1.63. The molecule has 0 spiro atoms. The lowest BCUT2D eigenvalue weighted by Crippen LogP contribution is -2.12. The standard InChI is InChI=1S/C17H18ClNO3/c1-21-15-9-7-12(11-16(15)22-2)8-10-17(20)19-14-6-4-3-5-13(14)18/h3-7,9,11H,8,10H2,1-2H3,(H,19,20). The summed E-state index contributed by atoms with van der Waals surface area (Å²) in [6.45, 7) is 0. The fourth-order valence-electron chi connectivity index (χ4n) is 2.07. The molecule has 0 aliphatic heterocycles. The van der Waals surface area contributed by atoms with Gasteiger partial charge in [0.05, 0.1) is 24.9 Å². The number of carbonyl (C=O) groups excluding carboxylic acids is 1. The first kappa shape index (κ1) is 16.2. The largest absolute Gasteiger partial charge is 0.493 e. The molecule has 0 radical (unpaired) electrons. The molecule has 0 aromatic heterocycles. The van der Waals surface area contributed by atoms with E-state index in [1.807, 2.05) is 30.3 Å². The number of hydrogen-bond donors (Lipinski definition) is 1. The Hall–Kier alpha value is -2.20. The van der Waals surface area contributed by atoms with Gasteiger partial charge in [0.2, 0.25) is 5.91 Å². The predicted molar refractivity (Wildman–Crippen MR) is 87.9 cm³/mol. The molecule has 5 heteroatoms. The smallest absolute Gasteiger partial charge is 0.224 e. The highest BCUT2D eigenvalue weighted by Gasteiger charge is 2.08. The Bertz CT molecular complexity index is 658. The van der Waals surface area contributed by atoms with Crippen LogP contribution in [0.3, 0.4) is 0 Å². The van der Waals surface area contributed by atoms with E-state index in [9.17, 15) is 4.79 Å². The summed E-state index contributed by atoms with van der Waals surface area (Å²) in [6.07, 6.45) is 0.970. The monoisotopic (exact) mass is 319 g/mol. The molecule has 0 saturated carbocycles. The molecule has 0 aliphatic carbocycles. The van der Waals surface area contributed by atoms with E-state index in [0.717, 1.165) is 5.56 Å². The number of para-hydroxylation sites is 1. The zero-order chi connectivity index (χ0) is 15.9. The van der Waals surface area contributed by atoms with E-state index in [4.69, 9.17) is 21.1 Å². The van der Waals surface area contributed by atoms with Crippen molar-refractivity contribution in [1.29, 1.82) is 0 Å². The minimum absolute atomic E-state index is 0.0807. The molecule has 2 rings (SSSR count). The molecular weight excluding hydrogens is 302 g/mol. The van der Waals surface area contributed by atoms with Crippen LogP contribution in [0.2, 0.25) is 5.02 Å². The zero-order valence-electron chi connectivity index (χ0n) is 12.6. The van der Waals surface area contributed by atoms with Gasteiger partial charge < -0.3 is 14.8 Å². The van der Waals surface area contributed by atoms with Crippen LogP contribution in [0.4, 0.5) is 5.69 Å². The van der Waals surface area contributed by atoms with Crippen LogP contribution in [-0.4, -0.2) is 20.1 Å². The van der Waals surface area contributed by atoms with Crippen LogP contribution >= 0.6 is 11.6 Å².